The van der Waals surface area contributed by atoms with Crippen molar-refractivity contribution >= 4 is 33.2 Å². The maximum absolute atomic E-state index is 13.4. The van der Waals surface area contributed by atoms with Crippen LogP contribution in [0.25, 0.3) is 0 Å². The summed E-state index contributed by atoms with van der Waals surface area (Å²) in [4.78, 5) is 15.7. The Labute approximate surface area is 255 Å². The number of ether oxygens (including phenoxy) is 1. The molecule has 2 aromatic carbocycles. The van der Waals surface area contributed by atoms with Crippen LogP contribution in [0.1, 0.15) is 81.3 Å². The number of nitrogens with one attached hydrogen (secondary N) is 1. The van der Waals surface area contributed by atoms with E-state index in [0.717, 1.165) is 36.4 Å². The van der Waals surface area contributed by atoms with Gasteiger partial charge in [-0.3, -0.25) is 4.79 Å². The second kappa shape index (κ2) is 11.9. The molecule has 0 radical (unpaired) electrons. The van der Waals surface area contributed by atoms with E-state index in [1.54, 1.807) is 38.1 Å². The molecule has 0 aromatic heterocycles. The Hall–Kier alpha value is -2.55. The van der Waals surface area contributed by atoms with E-state index in [1.807, 2.05) is 12.1 Å². The molecule has 228 valence electrons. The first-order valence-corrected chi connectivity index (χ1v) is 16.9. The third-order valence-corrected chi connectivity index (χ3v) is 11.9. The molecule has 2 bridgehead atoms. The van der Waals surface area contributed by atoms with Crippen LogP contribution in [0, 0.1) is 11.8 Å². The van der Waals surface area contributed by atoms with Crippen LogP contribution >= 0.6 is 11.6 Å². The summed E-state index contributed by atoms with van der Waals surface area (Å²) in [5, 5.41) is 12.0. The molecular weight excluding hydrogens is 572 g/mol. The molecule has 0 fully saturated rings. The molecule has 1 amide bonds. The van der Waals surface area contributed by atoms with Crippen LogP contribution in [0.15, 0.2) is 48.6 Å². The molecule has 1 spiro atoms. The lowest BCUT2D eigenvalue weighted by molar-refractivity contribution is 0.0776. The number of aryl methyl sites for hydroxylation is 1. The molecule has 1 aliphatic carbocycles. The van der Waals surface area contributed by atoms with E-state index in [2.05, 4.69) is 35.6 Å². The van der Waals surface area contributed by atoms with Gasteiger partial charge in [0.25, 0.3) is 5.91 Å². The van der Waals surface area contributed by atoms with Crippen molar-refractivity contribution in [1.82, 2.24) is 4.72 Å². The second-order valence-electron chi connectivity index (χ2n) is 13.0. The van der Waals surface area contributed by atoms with Gasteiger partial charge in [-0.2, -0.15) is 0 Å². The van der Waals surface area contributed by atoms with Crippen molar-refractivity contribution < 1.29 is 23.1 Å². The lowest BCUT2D eigenvalue weighted by Crippen LogP contribution is -2.47. The summed E-state index contributed by atoms with van der Waals surface area (Å²) in [5.41, 5.74) is 3.23. The molecule has 42 heavy (non-hydrogen) atoms. The van der Waals surface area contributed by atoms with Gasteiger partial charge in [-0.05, 0) is 99.2 Å². The zero-order chi connectivity index (χ0) is 30.3. The molecule has 4 atom stereocenters. The number of benzene rings is 2. The van der Waals surface area contributed by atoms with E-state index < -0.39 is 26.8 Å². The highest BCUT2D eigenvalue weighted by molar-refractivity contribution is 7.91. The van der Waals surface area contributed by atoms with Crippen LogP contribution in [0.2, 0.25) is 5.02 Å². The Morgan fingerprint density at radius 3 is 2.71 bits per heavy atom. The number of amides is 1. The number of aliphatic hydroxyl groups excluding tert-OH is 1. The highest BCUT2D eigenvalue weighted by atomic mass is 35.5. The minimum absolute atomic E-state index is 0.0341. The molecule has 2 N–H and O–H groups in total. The first-order valence-electron chi connectivity index (χ1n) is 15.1. The zero-order valence-corrected chi connectivity index (χ0v) is 26.6. The lowest BCUT2D eigenvalue weighted by atomic mass is 9.70. The predicted molar refractivity (Wildman–Crippen MR) is 168 cm³/mol. The fraction of sp³-hybridized carbons (Fsp3) is 0.545. The smallest absolute Gasteiger partial charge is 0.264 e. The van der Waals surface area contributed by atoms with Crippen molar-refractivity contribution in [2.75, 3.05) is 24.6 Å². The van der Waals surface area contributed by atoms with Gasteiger partial charge >= 0.3 is 0 Å². The number of carbonyl (C=O) groups is 1. The summed E-state index contributed by atoms with van der Waals surface area (Å²) >= 11 is 6.39. The number of aliphatic hydroxyl groups is 1. The maximum Gasteiger partial charge on any atom is 0.264 e. The highest BCUT2D eigenvalue weighted by Gasteiger charge is 2.43. The second-order valence-corrected chi connectivity index (χ2v) is 15.8. The summed E-state index contributed by atoms with van der Waals surface area (Å²) in [6.45, 7) is 9.29. The van der Waals surface area contributed by atoms with Crippen LogP contribution in [-0.4, -0.2) is 50.0 Å². The maximum atomic E-state index is 13.4. The Bertz CT molecular complexity index is 1470. The van der Waals surface area contributed by atoms with Crippen LogP contribution in [0.3, 0.4) is 0 Å². The van der Waals surface area contributed by atoms with E-state index in [4.69, 9.17) is 16.3 Å². The molecule has 2 aliphatic heterocycles. The first-order chi connectivity index (χ1) is 19.9. The third kappa shape index (κ3) is 5.95. The van der Waals surface area contributed by atoms with Gasteiger partial charge in [0.2, 0.25) is 10.0 Å². The van der Waals surface area contributed by atoms with Crippen LogP contribution < -0.4 is 14.4 Å². The molecule has 0 unspecified atom stereocenters. The highest BCUT2D eigenvalue weighted by Crippen LogP contribution is 2.45. The fourth-order valence-electron chi connectivity index (χ4n) is 7.00. The van der Waals surface area contributed by atoms with Gasteiger partial charge in [-0.15, -0.1) is 0 Å². The Kier molecular flexibility index (Phi) is 8.72. The van der Waals surface area contributed by atoms with Gasteiger partial charge in [0, 0.05) is 29.1 Å². The Morgan fingerprint density at radius 1 is 1.17 bits per heavy atom. The average molecular weight is 615 g/mol. The monoisotopic (exact) mass is 614 g/mol. The molecular formula is C33H43ClN2O5S. The van der Waals surface area contributed by atoms with E-state index >= 15 is 0 Å². The van der Waals surface area contributed by atoms with E-state index in [9.17, 15) is 18.3 Å². The summed E-state index contributed by atoms with van der Waals surface area (Å²) in [6.07, 6.45) is 7.50. The topological polar surface area (TPSA) is 95.9 Å². The molecule has 7 nitrogen and oxygen atoms in total. The van der Waals surface area contributed by atoms with Gasteiger partial charge in [0.1, 0.15) is 5.75 Å². The van der Waals surface area contributed by atoms with E-state index in [-0.39, 0.29) is 29.2 Å². The molecule has 0 saturated carbocycles. The molecule has 5 rings (SSSR count). The van der Waals surface area contributed by atoms with Gasteiger partial charge in [0.05, 0.1) is 23.1 Å². The number of hydrogen-bond donors (Lipinski definition) is 2. The van der Waals surface area contributed by atoms with E-state index in [0.29, 0.717) is 31.9 Å². The first kappa shape index (κ1) is 30.9. The van der Waals surface area contributed by atoms with Gasteiger partial charge in [-0.25, -0.2) is 13.1 Å². The fourth-order valence-corrected chi connectivity index (χ4v) is 8.15. The van der Waals surface area contributed by atoms with Crippen molar-refractivity contribution in [3.05, 3.63) is 70.3 Å². The number of halogens is 1. The van der Waals surface area contributed by atoms with Crippen molar-refractivity contribution in [3.63, 3.8) is 0 Å². The van der Waals surface area contributed by atoms with Crippen LogP contribution in [0.5, 0.6) is 5.75 Å². The predicted octanol–water partition coefficient (Wildman–Crippen LogP) is 6.02. The van der Waals surface area contributed by atoms with Gasteiger partial charge in [-0.1, -0.05) is 50.1 Å². The molecule has 2 aromatic rings. The van der Waals surface area contributed by atoms with Crippen molar-refractivity contribution in [2.45, 2.75) is 82.5 Å². The Balaban J connectivity index is 1.61. The average Bonchev–Trinajstić information content (AvgIpc) is 3.07. The Morgan fingerprint density at radius 2 is 1.95 bits per heavy atom. The number of rotatable bonds is 1. The SMILES string of the molecule is CC[C@@H]1[C@@H](C)CN2C[C@@]3(CCCc4cc(Cl)ccc43)COc3ccc(cc32)C(=O)NS(=O)(=O)C(C)(C)C/C=C/C[C@@H]1O. The van der Waals surface area contributed by atoms with Crippen molar-refractivity contribution in [2.24, 2.45) is 11.8 Å². The van der Waals surface area contributed by atoms with Crippen molar-refractivity contribution in [3.8, 4) is 5.75 Å². The largest absolute Gasteiger partial charge is 0.490 e. The normalized spacial score (nSPS) is 30.0. The minimum Gasteiger partial charge on any atom is -0.490 e. The van der Waals surface area contributed by atoms with Gasteiger partial charge in [0.15, 0.2) is 0 Å². The minimum atomic E-state index is -3.99. The number of allylic oxidation sites excluding steroid dienone is 1. The van der Waals surface area contributed by atoms with Crippen LogP contribution in [0.4, 0.5) is 5.69 Å². The molecule has 2 heterocycles. The number of sulfonamides is 1. The summed E-state index contributed by atoms with van der Waals surface area (Å²) in [7, 11) is -3.99. The summed E-state index contributed by atoms with van der Waals surface area (Å²) in [5.74, 6) is 0.176. The van der Waals surface area contributed by atoms with E-state index in [1.165, 1.54) is 11.1 Å². The molecule has 3 aliphatic rings. The quantitative estimate of drug-likeness (QED) is 0.381. The van der Waals surface area contributed by atoms with Crippen molar-refractivity contribution in [1.29, 1.82) is 0 Å². The molecule has 9 heteroatoms. The van der Waals surface area contributed by atoms with Gasteiger partial charge < -0.3 is 14.7 Å². The number of fused-ring (bicyclic) bond motifs is 3. The third-order valence-electron chi connectivity index (χ3n) is 9.61. The van der Waals surface area contributed by atoms with Crippen LogP contribution in [-0.2, 0) is 21.9 Å². The number of hydrogen-bond acceptors (Lipinski definition) is 6. The number of carbonyl (C=O) groups excluding carboxylic acids is 1. The summed E-state index contributed by atoms with van der Waals surface area (Å²) in [6, 6.07) is 11.3. The standard InChI is InChI=1S/C33H43ClN2O5S/c1-5-26-22(2)19-36-20-33(16-8-9-23-17-25(34)12-13-27(23)33)21-41-30-14-11-24(18-28(30)36)31(38)35-42(39,40)32(3,4)15-7-6-10-29(26)37/h6-7,11-14,17-18,22,26,29,37H,5,8-10,15-16,19-21H2,1-4H3,(H,35,38)/b7-6+/t22-,26+,29-,33-/m0/s1. The molecule has 0 saturated heterocycles. The number of anilines is 1. The lowest BCUT2D eigenvalue weighted by Gasteiger charge is -2.42. The summed E-state index contributed by atoms with van der Waals surface area (Å²) < 4.78 is 34.1. The number of nitrogens with zero attached hydrogens (tertiary/aromatic N) is 1. The zero-order valence-electron chi connectivity index (χ0n) is 25.0.